The largest absolute Gasteiger partial charge is 0.454 e. The number of carbonyl (C=O) groups excluding carboxylic acids is 1. The Morgan fingerprint density at radius 1 is 1.06 bits per heavy atom. The molecule has 2 aromatic heterocycles. The molecular weight excluding hydrogens is 392 g/mol. The van der Waals surface area contributed by atoms with Gasteiger partial charge in [0.2, 0.25) is 6.79 Å². The van der Waals surface area contributed by atoms with Crippen molar-refractivity contribution in [2.75, 3.05) is 13.8 Å². The first-order valence-corrected chi connectivity index (χ1v) is 9.88. The SMILES string of the molecule is CN(Cc1ccc2c(c1)OCO2)C(=O)c1cn(-c2ccccc2)nc1-c1cccnc1. The van der Waals surface area contributed by atoms with Gasteiger partial charge in [0.05, 0.1) is 11.3 Å². The molecule has 0 N–H and O–H groups in total. The number of carbonyl (C=O) groups is 1. The summed E-state index contributed by atoms with van der Waals surface area (Å²) < 4.78 is 12.5. The van der Waals surface area contributed by atoms with Gasteiger partial charge in [-0.2, -0.15) is 5.10 Å². The Morgan fingerprint density at radius 3 is 2.71 bits per heavy atom. The fourth-order valence-corrected chi connectivity index (χ4v) is 3.55. The molecule has 1 amide bonds. The van der Waals surface area contributed by atoms with Gasteiger partial charge in [0.1, 0.15) is 5.69 Å². The van der Waals surface area contributed by atoms with Crippen molar-refractivity contribution in [1.29, 1.82) is 0 Å². The second-order valence-corrected chi connectivity index (χ2v) is 7.26. The lowest BCUT2D eigenvalue weighted by Gasteiger charge is -2.17. The van der Waals surface area contributed by atoms with Crippen LogP contribution in [0.25, 0.3) is 16.9 Å². The molecule has 0 aliphatic carbocycles. The van der Waals surface area contributed by atoms with E-state index in [-0.39, 0.29) is 12.7 Å². The predicted molar refractivity (Wildman–Crippen MR) is 115 cm³/mol. The molecule has 3 heterocycles. The third kappa shape index (κ3) is 3.73. The summed E-state index contributed by atoms with van der Waals surface area (Å²) in [6, 6.07) is 19.2. The lowest BCUT2D eigenvalue weighted by Crippen LogP contribution is -2.26. The monoisotopic (exact) mass is 412 g/mol. The maximum atomic E-state index is 13.4. The standard InChI is InChI=1S/C24H20N4O3/c1-27(14-17-9-10-21-22(12-17)31-16-30-21)24(29)20-15-28(19-7-3-2-4-8-19)26-23(20)18-6-5-11-25-13-18/h2-13,15H,14,16H2,1H3. The molecule has 0 saturated carbocycles. The highest BCUT2D eigenvalue weighted by molar-refractivity contribution is 5.99. The number of benzene rings is 2. The number of hydrogen-bond acceptors (Lipinski definition) is 5. The molecular formula is C24H20N4O3. The summed E-state index contributed by atoms with van der Waals surface area (Å²) in [7, 11) is 1.78. The van der Waals surface area contributed by atoms with Crippen molar-refractivity contribution in [2.45, 2.75) is 6.54 Å². The predicted octanol–water partition coefficient (Wildman–Crippen LogP) is 3.94. The number of para-hydroxylation sites is 1. The maximum Gasteiger partial charge on any atom is 0.257 e. The third-order valence-electron chi connectivity index (χ3n) is 5.10. The second-order valence-electron chi connectivity index (χ2n) is 7.26. The average molecular weight is 412 g/mol. The van der Waals surface area contributed by atoms with E-state index in [0.29, 0.717) is 23.6 Å². The Hall–Kier alpha value is -4.13. The molecule has 0 bridgehead atoms. The second kappa shape index (κ2) is 7.95. The van der Waals surface area contributed by atoms with Gasteiger partial charge in [0.25, 0.3) is 5.91 Å². The zero-order valence-electron chi connectivity index (χ0n) is 16.9. The quantitative estimate of drug-likeness (QED) is 0.497. The summed E-state index contributed by atoms with van der Waals surface area (Å²) in [5, 5.41) is 4.70. The highest BCUT2D eigenvalue weighted by Crippen LogP contribution is 2.33. The van der Waals surface area contributed by atoms with Crippen molar-refractivity contribution in [3.05, 3.63) is 90.4 Å². The molecule has 0 saturated heterocycles. The molecule has 0 atom stereocenters. The summed E-state index contributed by atoms with van der Waals surface area (Å²) >= 11 is 0. The van der Waals surface area contributed by atoms with Crippen LogP contribution in [0.15, 0.2) is 79.3 Å². The summed E-state index contributed by atoms with van der Waals surface area (Å²) in [5.41, 5.74) is 3.74. The van der Waals surface area contributed by atoms with Crippen molar-refractivity contribution in [2.24, 2.45) is 0 Å². The molecule has 1 aliphatic heterocycles. The van der Waals surface area contributed by atoms with Gasteiger partial charge in [-0.1, -0.05) is 24.3 Å². The number of nitrogens with zero attached hydrogens (tertiary/aromatic N) is 4. The third-order valence-corrected chi connectivity index (χ3v) is 5.10. The zero-order valence-corrected chi connectivity index (χ0v) is 16.9. The van der Waals surface area contributed by atoms with Gasteiger partial charge < -0.3 is 14.4 Å². The van der Waals surface area contributed by atoms with Crippen LogP contribution >= 0.6 is 0 Å². The molecule has 0 radical (unpaired) electrons. The summed E-state index contributed by atoms with van der Waals surface area (Å²) in [4.78, 5) is 19.3. The van der Waals surface area contributed by atoms with Crippen LogP contribution in [0.5, 0.6) is 11.5 Å². The van der Waals surface area contributed by atoms with Crippen LogP contribution in [0.1, 0.15) is 15.9 Å². The van der Waals surface area contributed by atoms with Gasteiger partial charge in [0, 0.05) is 37.7 Å². The van der Waals surface area contributed by atoms with E-state index in [4.69, 9.17) is 14.6 Å². The number of hydrogen-bond donors (Lipinski definition) is 0. The normalized spacial score (nSPS) is 12.0. The van der Waals surface area contributed by atoms with Gasteiger partial charge >= 0.3 is 0 Å². The van der Waals surface area contributed by atoms with E-state index in [1.807, 2.05) is 60.7 Å². The molecule has 0 unspecified atom stereocenters. The van der Waals surface area contributed by atoms with Gasteiger partial charge in [-0.25, -0.2) is 4.68 Å². The molecule has 31 heavy (non-hydrogen) atoms. The Bertz CT molecular complexity index is 1220. The van der Waals surface area contributed by atoms with E-state index in [2.05, 4.69) is 4.98 Å². The van der Waals surface area contributed by atoms with E-state index in [1.165, 1.54) is 0 Å². The summed E-state index contributed by atoms with van der Waals surface area (Å²) in [5.74, 6) is 1.30. The van der Waals surface area contributed by atoms with Gasteiger partial charge in [-0.05, 0) is 42.0 Å². The van der Waals surface area contributed by atoms with Gasteiger partial charge in [-0.15, -0.1) is 0 Å². The van der Waals surface area contributed by atoms with Crippen LogP contribution in [-0.4, -0.2) is 39.4 Å². The molecule has 0 spiro atoms. The van der Waals surface area contributed by atoms with Crippen molar-refractivity contribution < 1.29 is 14.3 Å². The van der Waals surface area contributed by atoms with Crippen molar-refractivity contribution in [3.63, 3.8) is 0 Å². The molecule has 4 aromatic rings. The Labute approximate surface area is 179 Å². The van der Waals surface area contributed by atoms with E-state index in [9.17, 15) is 4.79 Å². The Kier molecular flexibility index (Phi) is 4.84. The van der Waals surface area contributed by atoms with Crippen LogP contribution < -0.4 is 9.47 Å². The number of amides is 1. The van der Waals surface area contributed by atoms with Crippen LogP contribution in [0.3, 0.4) is 0 Å². The first-order valence-electron chi connectivity index (χ1n) is 9.88. The zero-order chi connectivity index (χ0) is 21.2. The lowest BCUT2D eigenvalue weighted by molar-refractivity contribution is 0.0785. The fraction of sp³-hybridized carbons (Fsp3) is 0.125. The van der Waals surface area contributed by atoms with E-state index < -0.39 is 0 Å². The Balaban J connectivity index is 1.47. The van der Waals surface area contributed by atoms with E-state index in [0.717, 1.165) is 22.6 Å². The van der Waals surface area contributed by atoms with Gasteiger partial charge in [-0.3, -0.25) is 9.78 Å². The van der Waals surface area contributed by atoms with Crippen LogP contribution in [0, 0.1) is 0 Å². The minimum Gasteiger partial charge on any atom is -0.454 e. The average Bonchev–Trinajstić information content (AvgIpc) is 3.47. The number of ether oxygens (including phenoxy) is 2. The fourth-order valence-electron chi connectivity index (χ4n) is 3.55. The molecule has 7 heteroatoms. The number of aromatic nitrogens is 3. The minimum absolute atomic E-state index is 0.126. The molecule has 2 aromatic carbocycles. The molecule has 5 rings (SSSR count). The molecule has 1 aliphatic rings. The van der Waals surface area contributed by atoms with Crippen LogP contribution in [0.4, 0.5) is 0 Å². The van der Waals surface area contributed by atoms with Crippen molar-refractivity contribution in [3.8, 4) is 28.4 Å². The molecule has 154 valence electrons. The number of pyridine rings is 1. The maximum absolute atomic E-state index is 13.4. The van der Waals surface area contributed by atoms with Crippen LogP contribution in [-0.2, 0) is 6.54 Å². The van der Waals surface area contributed by atoms with Gasteiger partial charge in [0.15, 0.2) is 11.5 Å². The van der Waals surface area contributed by atoms with Crippen molar-refractivity contribution >= 4 is 5.91 Å². The minimum atomic E-state index is -0.126. The topological polar surface area (TPSA) is 69.5 Å². The highest BCUT2D eigenvalue weighted by Gasteiger charge is 2.22. The highest BCUT2D eigenvalue weighted by atomic mass is 16.7. The smallest absolute Gasteiger partial charge is 0.257 e. The van der Waals surface area contributed by atoms with E-state index >= 15 is 0 Å². The summed E-state index contributed by atoms with van der Waals surface area (Å²) in [6.45, 7) is 0.652. The van der Waals surface area contributed by atoms with Crippen molar-refractivity contribution in [1.82, 2.24) is 19.7 Å². The van der Waals surface area contributed by atoms with Crippen LogP contribution in [0.2, 0.25) is 0 Å². The molecule has 0 fully saturated rings. The molecule has 7 nitrogen and oxygen atoms in total. The van der Waals surface area contributed by atoms with E-state index in [1.54, 1.807) is 35.2 Å². The lowest BCUT2D eigenvalue weighted by atomic mass is 10.1. The first-order chi connectivity index (χ1) is 15.2. The number of rotatable bonds is 5. The number of fused-ring (bicyclic) bond motifs is 1. The first kappa shape index (κ1) is 18.9. The summed E-state index contributed by atoms with van der Waals surface area (Å²) in [6.07, 6.45) is 5.19. The Morgan fingerprint density at radius 2 is 1.90 bits per heavy atom.